The molecule has 1 fully saturated rings. The van der Waals surface area contributed by atoms with Crippen molar-refractivity contribution in [1.82, 2.24) is 25.4 Å². The van der Waals surface area contributed by atoms with Crippen LogP contribution in [0.25, 0.3) is 11.3 Å². The van der Waals surface area contributed by atoms with Gasteiger partial charge in [0.05, 0.1) is 18.9 Å². The third-order valence-corrected chi connectivity index (χ3v) is 6.97. The van der Waals surface area contributed by atoms with Crippen molar-refractivity contribution in [3.63, 3.8) is 0 Å². The van der Waals surface area contributed by atoms with Crippen LogP contribution < -0.4 is 15.4 Å². The lowest BCUT2D eigenvalue weighted by Crippen LogP contribution is -2.51. The number of likely N-dealkylation sites (N-methyl/N-ethyl adjacent to an activating group) is 1. The summed E-state index contributed by atoms with van der Waals surface area (Å²) in [6.45, 7) is 10.1. The maximum absolute atomic E-state index is 14.7. The van der Waals surface area contributed by atoms with E-state index in [-0.39, 0.29) is 29.2 Å². The van der Waals surface area contributed by atoms with Crippen LogP contribution in [0, 0.1) is 11.2 Å². The van der Waals surface area contributed by atoms with Gasteiger partial charge in [-0.05, 0) is 56.4 Å². The third kappa shape index (κ3) is 9.03. The topological polar surface area (TPSA) is 114 Å². The van der Waals surface area contributed by atoms with Crippen molar-refractivity contribution in [2.24, 2.45) is 5.41 Å². The van der Waals surface area contributed by atoms with Crippen molar-refractivity contribution in [2.45, 2.75) is 39.6 Å². The summed E-state index contributed by atoms with van der Waals surface area (Å²) in [7, 11) is 1.95. The predicted molar refractivity (Wildman–Crippen MR) is 160 cm³/mol. The fourth-order valence-electron chi connectivity index (χ4n) is 4.39. The van der Waals surface area contributed by atoms with Gasteiger partial charge < -0.3 is 34.9 Å². The molecule has 0 radical (unpaired) electrons. The van der Waals surface area contributed by atoms with Crippen LogP contribution in [0.2, 0.25) is 5.02 Å². The number of rotatable bonds is 14. The molecule has 0 unspecified atom stereocenters. The zero-order valence-electron chi connectivity index (χ0n) is 24.6. The highest BCUT2D eigenvalue weighted by atomic mass is 35.5. The average molecular weight is 603 g/mol. The van der Waals surface area contributed by atoms with E-state index in [0.717, 1.165) is 50.4 Å². The normalized spacial score (nSPS) is 16.0. The predicted octanol–water partition coefficient (Wildman–Crippen LogP) is 4.65. The van der Waals surface area contributed by atoms with Crippen molar-refractivity contribution in [2.75, 3.05) is 58.4 Å². The minimum Gasteiger partial charge on any atom is -0.466 e. The van der Waals surface area contributed by atoms with Gasteiger partial charge in [0.25, 0.3) is 5.88 Å². The minimum absolute atomic E-state index is 0.0752. The van der Waals surface area contributed by atoms with Crippen LogP contribution in [-0.2, 0) is 15.9 Å². The van der Waals surface area contributed by atoms with Gasteiger partial charge in [0.2, 0.25) is 0 Å². The maximum Gasteiger partial charge on any atom is 0.316 e. The molecule has 3 N–H and O–H groups in total. The summed E-state index contributed by atoms with van der Waals surface area (Å²) < 4.78 is 31.6. The van der Waals surface area contributed by atoms with Crippen LogP contribution in [0.5, 0.6) is 5.88 Å². The summed E-state index contributed by atoms with van der Waals surface area (Å²) >= 11 is 6.13. The first-order valence-electron chi connectivity index (χ1n) is 14.1. The van der Waals surface area contributed by atoms with Gasteiger partial charge >= 0.3 is 5.97 Å². The third-order valence-electron chi connectivity index (χ3n) is 6.73. The number of nitrogens with zero attached hydrogens (tertiary/aromatic N) is 4. The SMILES string of the molecule is CCCN(CCNC)CCc1cc(Nc2cc(-c3cc(Cl)ccc3F)nnc2OCC2(O)OCC(C)(C)CO2)ccn1. The number of aliphatic hydroxyl groups is 1. The second-order valence-corrected chi connectivity index (χ2v) is 11.6. The first-order valence-corrected chi connectivity index (χ1v) is 14.5. The lowest BCUT2D eigenvalue weighted by molar-refractivity contribution is -0.407. The molecule has 10 nitrogen and oxygen atoms in total. The zero-order valence-corrected chi connectivity index (χ0v) is 25.4. The summed E-state index contributed by atoms with van der Waals surface area (Å²) in [5.41, 5.74) is 2.26. The molecule has 3 heterocycles. The Hall–Kier alpha value is -2.93. The molecule has 0 atom stereocenters. The number of aromatic nitrogens is 3. The molecule has 1 aromatic carbocycles. The van der Waals surface area contributed by atoms with Crippen LogP contribution >= 0.6 is 11.6 Å². The van der Waals surface area contributed by atoms with Gasteiger partial charge in [-0.3, -0.25) is 4.98 Å². The Morgan fingerprint density at radius 3 is 2.62 bits per heavy atom. The summed E-state index contributed by atoms with van der Waals surface area (Å²) in [5, 5.41) is 26.0. The molecule has 0 spiro atoms. The maximum atomic E-state index is 14.7. The number of pyridine rings is 1. The van der Waals surface area contributed by atoms with E-state index in [1.807, 2.05) is 33.0 Å². The first-order chi connectivity index (χ1) is 20.1. The van der Waals surface area contributed by atoms with E-state index in [4.69, 9.17) is 25.8 Å². The van der Waals surface area contributed by atoms with Crippen LogP contribution in [-0.4, -0.2) is 84.2 Å². The second kappa shape index (κ2) is 14.5. The Labute approximate surface area is 251 Å². The molecule has 3 aromatic rings. The number of hydrogen-bond donors (Lipinski definition) is 3. The molecule has 228 valence electrons. The Kier molecular flexibility index (Phi) is 11.0. The number of benzene rings is 1. The number of ether oxygens (including phenoxy) is 3. The van der Waals surface area contributed by atoms with E-state index in [0.29, 0.717) is 23.9 Å². The van der Waals surface area contributed by atoms with Gasteiger partial charge in [-0.1, -0.05) is 32.4 Å². The molecule has 1 aliphatic rings. The van der Waals surface area contributed by atoms with E-state index in [9.17, 15) is 9.50 Å². The Bertz CT molecular complexity index is 1320. The highest BCUT2D eigenvalue weighted by Crippen LogP contribution is 2.33. The lowest BCUT2D eigenvalue weighted by Gasteiger charge is -2.39. The average Bonchev–Trinajstić information content (AvgIpc) is 2.97. The standard InChI is InChI=1S/C30H40ClFN6O4/c1-5-12-38(14-11-33-4)13-9-22-16-23(8-10-34-22)35-27-17-26(24-15-21(31)6-7-25(24)32)36-37-28(27)40-20-30(39)41-18-29(2,3)19-42-30/h6-8,10,15-17,33,39H,5,9,11-14,18-20H2,1-4H3,(H,34,35,36). The number of halogens is 2. The molecule has 42 heavy (non-hydrogen) atoms. The van der Waals surface area contributed by atoms with Crippen LogP contribution in [0.4, 0.5) is 15.8 Å². The molecule has 4 rings (SSSR count). The molecule has 1 saturated heterocycles. The fourth-order valence-corrected chi connectivity index (χ4v) is 4.56. The number of hydrogen-bond acceptors (Lipinski definition) is 10. The molecule has 1 aliphatic heterocycles. The highest BCUT2D eigenvalue weighted by molar-refractivity contribution is 6.30. The van der Waals surface area contributed by atoms with E-state index >= 15 is 0 Å². The van der Waals surface area contributed by atoms with Crippen molar-refractivity contribution < 1.29 is 23.7 Å². The van der Waals surface area contributed by atoms with Gasteiger partial charge in [0, 0.05) is 59.6 Å². The Morgan fingerprint density at radius 2 is 1.88 bits per heavy atom. The minimum atomic E-state index is -1.94. The highest BCUT2D eigenvalue weighted by Gasteiger charge is 2.40. The van der Waals surface area contributed by atoms with E-state index < -0.39 is 11.8 Å². The zero-order chi connectivity index (χ0) is 30.2. The number of nitrogens with one attached hydrogen (secondary N) is 2. The van der Waals surface area contributed by atoms with Crippen molar-refractivity contribution in [1.29, 1.82) is 0 Å². The summed E-state index contributed by atoms with van der Waals surface area (Å²) in [4.78, 5) is 6.96. The van der Waals surface area contributed by atoms with Gasteiger partial charge in [0.15, 0.2) is 6.61 Å². The summed E-state index contributed by atoms with van der Waals surface area (Å²) in [6, 6.07) is 9.62. The monoisotopic (exact) mass is 602 g/mol. The van der Waals surface area contributed by atoms with E-state index in [1.54, 1.807) is 12.3 Å². The smallest absolute Gasteiger partial charge is 0.316 e. The molecule has 2 aromatic heterocycles. The molecule has 0 bridgehead atoms. The molecular weight excluding hydrogens is 563 g/mol. The summed E-state index contributed by atoms with van der Waals surface area (Å²) in [5.74, 6) is -2.35. The quantitative estimate of drug-likeness (QED) is 0.241. The first kappa shape index (κ1) is 32.0. The van der Waals surface area contributed by atoms with Gasteiger partial charge in [-0.15, -0.1) is 10.2 Å². The largest absolute Gasteiger partial charge is 0.466 e. The fraction of sp³-hybridized carbons (Fsp3) is 0.500. The van der Waals surface area contributed by atoms with Gasteiger partial charge in [0.1, 0.15) is 11.5 Å². The van der Waals surface area contributed by atoms with Crippen molar-refractivity contribution >= 4 is 23.0 Å². The molecule has 0 aliphatic carbocycles. The number of anilines is 2. The molecule has 0 amide bonds. The van der Waals surface area contributed by atoms with Gasteiger partial charge in [-0.2, -0.15) is 0 Å². The van der Waals surface area contributed by atoms with Crippen LogP contribution in [0.3, 0.4) is 0 Å². The summed E-state index contributed by atoms with van der Waals surface area (Å²) in [6.07, 6.45) is 3.58. The second-order valence-electron chi connectivity index (χ2n) is 11.2. The lowest BCUT2D eigenvalue weighted by atomic mass is 9.95. The van der Waals surface area contributed by atoms with Crippen molar-refractivity contribution in [3.8, 4) is 17.1 Å². The van der Waals surface area contributed by atoms with E-state index in [1.165, 1.54) is 18.2 Å². The van der Waals surface area contributed by atoms with E-state index in [2.05, 4.69) is 37.6 Å². The van der Waals surface area contributed by atoms with Crippen molar-refractivity contribution in [3.05, 3.63) is 59.1 Å². The Balaban J connectivity index is 1.56. The molecule has 12 heteroatoms. The van der Waals surface area contributed by atoms with Gasteiger partial charge in [-0.25, -0.2) is 4.39 Å². The molecular formula is C30H40ClFN6O4. The van der Waals surface area contributed by atoms with Crippen LogP contribution in [0.1, 0.15) is 32.9 Å². The molecule has 0 saturated carbocycles. The Morgan fingerprint density at radius 1 is 1.10 bits per heavy atom. The van der Waals surface area contributed by atoms with Crippen LogP contribution in [0.15, 0.2) is 42.6 Å².